The van der Waals surface area contributed by atoms with E-state index in [2.05, 4.69) is 15.7 Å². The number of aryl methyl sites for hydroxylation is 2. The van der Waals surface area contributed by atoms with Crippen LogP contribution in [0.15, 0.2) is 47.3 Å². The topological polar surface area (TPSA) is 93.1 Å². The molecule has 2 amide bonds. The molecule has 0 aliphatic rings. The molecule has 1 aromatic heterocycles. The van der Waals surface area contributed by atoms with Crippen LogP contribution in [0.25, 0.3) is 10.8 Å². The van der Waals surface area contributed by atoms with E-state index in [0.717, 1.165) is 15.8 Å². The van der Waals surface area contributed by atoms with Crippen LogP contribution in [-0.2, 0) is 11.3 Å². The number of amides is 2. The van der Waals surface area contributed by atoms with E-state index in [0.29, 0.717) is 10.8 Å². The number of carbonyl (C=O) groups is 2. The lowest BCUT2D eigenvalue weighted by Crippen LogP contribution is -2.36. The lowest BCUT2D eigenvalue weighted by molar-refractivity contribution is -0.122. The minimum absolute atomic E-state index is 0.109. The summed E-state index contributed by atoms with van der Waals surface area (Å²) >= 11 is 0. The molecule has 2 aromatic carbocycles. The van der Waals surface area contributed by atoms with Gasteiger partial charge in [-0.3, -0.25) is 14.4 Å². The van der Waals surface area contributed by atoms with Crippen molar-refractivity contribution >= 4 is 22.6 Å². The van der Waals surface area contributed by atoms with E-state index in [-0.39, 0.29) is 24.2 Å². The summed E-state index contributed by atoms with van der Waals surface area (Å²) in [6.45, 7) is 5.66. The molecule has 3 rings (SSSR count). The van der Waals surface area contributed by atoms with E-state index in [9.17, 15) is 14.4 Å². The molecule has 0 saturated carbocycles. The van der Waals surface area contributed by atoms with Gasteiger partial charge in [0, 0.05) is 12.4 Å². The normalized spacial score (nSPS) is 11.9. The molecule has 0 spiro atoms. The number of hydrogen-bond acceptors (Lipinski definition) is 4. The Balaban J connectivity index is 1.88. The zero-order valence-corrected chi connectivity index (χ0v) is 16.9. The standard InChI is InChI=1S/C22H24N4O3/c1-13-9-10-16(11-14(13)2)15(3)24-19(27)12-26-22(29)18-8-6-5-7-17(18)20(25-26)21(28)23-4/h5-11,15H,12H2,1-4H3,(H,23,28)(H,24,27). The van der Waals surface area contributed by atoms with Crippen molar-refractivity contribution in [2.75, 3.05) is 7.05 Å². The maximum absolute atomic E-state index is 12.8. The molecule has 7 nitrogen and oxygen atoms in total. The maximum atomic E-state index is 12.8. The Labute approximate surface area is 168 Å². The van der Waals surface area contributed by atoms with Crippen LogP contribution in [0.3, 0.4) is 0 Å². The van der Waals surface area contributed by atoms with Gasteiger partial charge < -0.3 is 10.6 Å². The van der Waals surface area contributed by atoms with Crippen LogP contribution in [0, 0.1) is 13.8 Å². The first-order chi connectivity index (χ1) is 13.8. The highest BCUT2D eigenvalue weighted by Gasteiger charge is 2.18. The first kappa shape index (κ1) is 20.3. The van der Waals surface area contributed by atoms with Gasteiger partial charge in [-0.15, -0.1) is 0 Å². The fourth-order valence-electron chi connectivity index (χ4n) is 3.17. The SMILES string of the molecule is CNC(=O)c1nn(CC(=O)NC(C)c2ccc(C)c(C)c2)c(=O)c2ccccc12. The molecule has 1 atom stereocenters. The van der Waals surface area contributed by atoms with Gasteiger partial charge in [-0.25, -0.2) is 4.68 Å². The summed E-state index contributed by atoms with van der Waals surface area (Å²) in [5.41, 5.74) is 3.00. The van der Waals surface area contributed by atoms with Crippen molar-refractivity contribution in [1.82, 2.24) is 20.4 Å². The molecule has 150 valence electrons. The average molecular weight is 392 g/mol. The highest BCUT2D eigenvalue weighted by Crippen LogP contribution is 2.17. The third-order valence-corrected chi connectivity index (χ3v) is 5.01. The van der Waals surface area contributed by atoms with Crippen LogP contribution >= 0.6 is 0 Å². The van der Waals surface area contributed by atoms with Crippen LogP contribution in [0.2, 0.25) is 0 Å². The number of rotatable bonds is 5. The molecular formula is C22H24N4O3. The molecule has 2 N–H and O–H groups in total. The van der Waals surface area contributed by atoms with Crippen molar-refractivity contribution in [1.29, 1.82) is 0 Å². The first-order valence-corrected chi connectivity index (χ1v) is 9.40. The highest BCUT2D eigenvalue weighted by molar-refractivity contribution is 6.04. The first-order valence-electron chi connectivity index (χ1n) is 9.40. The summed E-state index contributed by atoms with van der Waals surface area (Å²) in [6, 6.07) is 12.5. The number of benzene rings is 2. The molecule has 0 aliphatic heterocycles. The highest BCUT2D eigenvalue weighted by atomic mass is 16.2. The smallest absolute Gasteiger partial charge is 0.275 e. The van der Waals surface area contributed by atoms with Gasteiger partial charge in [-0.05, 0) is 43.5 Å². The Morgan fingerprint density at radius 3 is 2.41 bits per heavy atom. The van der Waals surface area contributed by atoms with Crippen LogP contribution < -0.4 is 16.2 Å². The summed E-state index contributed by atoms with van der Waals surface area (Å²) in [5, 5.41) is 10.4. The van der Waals surface area contributed by atoms with Crippen molar-refractivity contribution in [3.63, 3.8) is 0 Å². The Hall–Kier alpha value is -3.48. The van der Waals surface area contributed by atoms with E-state index in [4.69, 9.17) is 0 Å². The van der Waals surface area contributed by atoms with Gasteiger partial charge in [0.1, 0.15) is 6.54 Å². The van der Waals surface area contributed by atoms with E-state index in [1.165, 1.54) is 12.6 Å². The molecule has 1 unspecified atom stereocenters. The van der Waals surface area contributed by atoms with Gasteiger partial charge in [0.2, 0.25) is 5.91 Å². The maximum Gasteiger partial charge on any atom is 0.275 e. The van der Waals surface area contributed by atoms with Crippen molar-refractivity contribution in [2.24, 2.45) is 0 Å². The molecule has 29 heavy (non-hydrogen) atoms. The molecule has 0 aliphatic carbocycles. The largest absolute Gasteiger partial charge is 0.354 e. The lowest BCUT2D eigenvalue weighted by Gasteiger charge is -2.16. The monoisotopic (exact) mass is 392 g/mol. The Bertz CT molecular complexity index is 1150. The van der Waals surface area contributed by atoms with Gasteiger partial charge >= 0.3 is 0 Å². The number of aromatic nitrogens is 2. The van der Waals surface area contributed by atoms with Crippen LogP contribution in [0.1, 0.15) is 40.1 Å². The average Bonchev–Trinajstić information content (AvgIpc) is 2.71. The van der Waals surface area contributed by atoms with Crippen molar-refractivity contribution in [3.05, 3.63) is 75.2 Å². The minimum Gasteiger partial charge on any atom is -0.354 e. The van der Waals surface area contributed by atoms with Crippen molar-refractivity contribution < 1.29 is 9.59 Å². The lowest BCUT2D eigenvalue weighted by atomic mass is 10.0. The number of nitrogens with one attached hydrogen (secondary N) is 2. The number of hydrogen-bond donors (Lipinski definition) is 2. The van der Waals surface area contributed by atoms with E-state index >= 15 is 0 Å². The second-order valence-corrected chi connectivity index (χ2v) is 7.07. The van der Waals surface area contributed by atoms with Gasteiger partial charge in [0.15, 0.2) is 5.69 Å². The summed E-state index contributed by atoms with van der Waals surface area (Å²) in [7, 11) is 1.49. The zero-order valence-electron chi connectivity index (χ0n) is 16.9. The molecule has 0 radical (unpaired) electrons. The summed E-state index contributed by atoms with van der Waals surface area (Å²) in [6.07, 6.45) is 0. The minimum atomic E-state index is -0.418. The van der Waals surface area contributed by atoms with E-state index in [1.807, 2.05) is 39.0 Å². The van der Waals surface area contributed by atoms with E-state index in [1.54, 1.807) is 24.3 Å². The summed E-state index contributed by atoms with van der Waals surface area (Å²) in [5.74, 6) is -0.776. The second kappa shape index (κ2) is 8.26. The fraction of sp³-hybridized carbons (Fsp3) is 0.273. The third kappa shape index (κ3) is 4.18. The van der Waals surface area contributed by atoms with Crippen LogP contribution in [-0.4, -0.2) is 28.6 Å². The summed E-state index contributed by atoms with van der Waals surface area (Å²) in [4.78, 5) is 37.5. The third-order valence-electron chi connectivity index (χ3n) is 5.01. The molecule has 0 fully saturated rings. The number of carbonyl (C=O) groups excluding carboxylic acids is 2. The predicted octanol–water partition coefficient (Wildman–Crippen LogP) is 2.25. The number of nitrogens with zero attached hydrogens (tertiary/aromatic N) is 2. The van der Waals surface area contributed by atoms with Gasteiger partial charge in [0.05, 0.1) is 11.4 Å². The van der Waals surface area contributed by atoms with Gasteiger partial charge in [-0.2, -0.15) is 5.10 Å². The van der Waals surface area contributed by atoms with Gasteiger partial charge in [-0.1, -0.05) is 36.4 Å². The quantitative estimate of drug-likeness (QED) is 0.696. The molecule has 7 heteroatoms. The molecule has 0 bridgehead atoms. The molecular weight excluding hydrogens is 368 g/mol. The zero-order chi connectivity index (χ0) is 21.1. The van der Waals surface area contributed by atoms with Crippen LogP contribution in [0.5, 0.6) is 0 Å². The Morgan fingerprint density at radius 2 is 1.76 bits per heavy atom. The number of fused-ring (bicyclic) bond motifs is 1. The predicted molar refractivity (Wildman–Crippen MR) is 112 cm³/mol. The Morgan fingerprint density at radius 1 is 1.07 bits per heavy atom. The molecule has 0 saturated heterocycles. The summed E-state index contributed by atoms with van der Waals surface area (Å²) < 4.78 is 1.04. The van der Waals surface area contributed by atoms with Crippen molar-refractivity contribution in [2.45, 2.75) is 33.4 Å². The van der Waals surface area contributed by atoms with Crippen LogP contribution in [0.4, 0.5) is 0 Å². The Kier molecular flexibility index (Phi) is 5.77. The van der Waals surface area contributed by atoms with Crippen molar-refractivity contribution in [3.8, 4) is 0 Å². The molecule has 3 aromatic rings. The molecule has 1 heterocycles. The second-order valence-electron chi connectivity index (χ2n) is 7.07. The fourth-order valence-corrected chi connectivity index (χ4v) is 3.17. The van der Waals surface area contributed by atoms with Gasteiger partial charge in [0.25, 0.3) is 11.5 Å². The van der Waals surface area contributed by atoms with E-state index < -0.39 is 11.5 Å².